The molecule has 4 rings (SSSR count). The molecule has 108 valence electrons. The Hall–Kier alpha value is -1.81. The van der Waals surface area contributed by atoms with Crippen LogP contribution in [0.5, 0.6) is 0 Å². The lowest BCUT2D eigenvalue weighted by molar-refractivity contribution is 0.296. The van der Waals surface area contributed by atoms with Gasteiger partial charge in [-0.15, -0.1) is 0 Å². The van der Waals surface area contributed by atoms with E-state index in [9.17, 15) is 4.39 Å². The molecule has 1 saturated heterocycles. The highest BCUT2D eigenvalue weighted by Gasteiger charge is 2.33. The number of hydrogen-bond donors (Lipinski definition) is 1. The summed E-state index contributed by atoms with van der Waals surface area (Å²) in [4.78, 5) is 9.34. The van der Waals surface area contributed by atoms with E-state index in [4.69, 9.17) is 4.98 Å². The topological polar surface area (TPSA) is 37.8 Å². The van der Waals surface area contributed by atoms with Gasteiger partial charge in [0.2, 0.25) is 0 Å². The maximum atomic E-state index is 13.2. The Balaban J connectivity index is 1.88. The molecule has 3 heterocycles. The monoisotopic (exact) mass is 283 g/mol. The minimum atomic E-state index is -0.211. The maximum absolute atomic E-state index is 13.2. The van der Waals surface area contributed by atoms with Gasteiger partial charge in [0.05, 0.1) is 17.4 Å². The van der Waals surface area contributed by atoms with Gasteiger partial charge in [-0.2, -0.15) is 0 Å². The minimum Gasteiger partial charge on any atom is -0.305 e. The lowest BCUT2D eigenvalue weighted by Crippen LogP contribution is -2.43. The third kappa shape index (κ3) is 2.23. The van der Waals surface area contributed by atoms with E-state index < -0.39 is 0 Å². The molecule has 0 amide bonds. The molecule has 2 aliphatic rings. The van der Waals surface area contributed by atoms with Gasteiger partial charge in [0.15, 0.2) is 0 Å². The van der Waals surface area contributed by atoms with E-state index in [0.29, 0.717) is 12.1 Å². The average molecular weight is 283 g/mol. The number of aryl methyl sites for hydroxylation is 1. The van der Waals surface area contributed by atoms with Crippen molar-refractivity contribution >= 4 is 0 Å². The number of aromatic nitrogens is 2. The SMILES string of the molecule is Cc1nc(-c2ccc(F)cc2)c2c(n1)[C@H]1CCC[C@@H](C2)N1. The maximum Gasteiger partial charge on any atom is 0.126 e. The Morgan fingerprint density at radius 2 is 1.95 bits per heavy atom. The number of nitrogens with zero attached hydrogens (tertiary/aromatic N) is 2. The van der Waals surface area contributed by atoms with Crippen LogP contribution in [0, 0.1) is 12.7 Å². The summed E-state index contributed by atoms with van der Waals surface area (Å²) < 4.78 is 13.2. The Kier molecular flexibility index (Phi) is 3.00. The molecule has 0 spiro atoms. The zero-order chi connectivity index (χ0) is 14.4. The van der Waals surface area contributed by atoms with Gasteiger partial charge in [-0.25, -0.2) is 14.4 Å². The van der Waals surface area contributed by atoms with Crippen LogP contribution in [0.3, 0.4) is 0 Å². The highest BCUT2D eigenvalue weighted by molar-refractivity contribution is 5.65. The van der Waals surface area contributed by atoms with Crippen molar-refractivity contribution < 1.29 is 4.39 Å². The lowest BCUT2D eigenvalue weighted by Gasteiger charge is -2.37. The van der Waals surface area contributed by atoms with Crippen LogP contribution in [-0.2, 0) is 6.42 Å². The number of halogens is 1. The van der Waals surface area contributed by atoms with Crippen LogP contribution in [0.15, 0.2) is 24.3 Å². The van der Waals surface area contributed by atoms with Crippen molar-refractivity contribution in [1.82, 2.24) is 15.3 Å². The van der Waals surface area contributed by atoms with E-state index in [0.717, 1.165) is 35.6 Å². The first-order valence-electron chi connectivity index (χ1n) is 7.60. The smallest absolute Gasteiger partial charge is 0.126 e. The number of benzene rings is 1. The van der Waals surface area contributed by atoms with Crippen LogP contribution in [0.4, 0.5) is 4.39 Å². The van der Waals surface area contributed by atoms with Gasteiger partial charge in [-0.3, -0.25) is 0 Å². The van der Waals surface area contributed by atoms with Gasteiger partial charge in [0.1, 0.15) is 11.6 Å². The predicted octanol–water partition coefficient (Wildman–Crippen LogP) is 3.33. The van der Waals surface area contributed by atoms with E-state index in [2.05, 4.69) is 10.3 Å². The molecule has 0 radical (unpaired) electrons. The van der Waals surface area contributed by atoms with Gasteiger partial charge < -0.3 is 5.32 Å². The molecule has 0 saturated carbocycles. The Bertz CT molecular complexity index is 681. The van der Waals surface area contributed by atoms with Crippen molar-refractivity contribution in [2.24, 2.45) is 0 Å². The molecule has 2 bridgehead atoms. The summed E-state index contributed by atoms with van der Waals surface area (Å²) in [5.41, 5.74) is 4.37. The second-order valence-corrected chi connectivity index (χ2v) is 6.04. The zero-order valence-corrected chi connectivity index (χ0v) is 12.1. The minimum absolute atomic E-state index is 0.211. The van der Waals surface area contributed by atoms with Crippen LogP contribution in [-0.4, -0.2) is 16.0 Å². The number of fused-ring (bicyclic) bond motifs is 4. The summed E-state index contributed by atoms with van der Waals surface area (Å²) in [5.74, 6) is 0.579. The third-order valence-corrected chi connectivity index (χ3v) is 4.53. The summed E-state index contributed by atoms with van der Waals surface area (Å²) in [6, 6.07) is 7.52. The van der Waals surface area contributed by atoms with Crippen molar-refractivity contribution in [1.29, 1.82) is 0 Å². The second kappa shape index (κ2) is 4.88. The second-order valence-electron chi connectivity index (χ2n) is 6.04. The number of piperidine rings is 1. The van der Waals surface area contributed by atoms with E-state index in [1.54, 1.807) is 0 Å². The highest BCUT2D eigenvalue weighted by atomic mass is 19.1. The molecule has 1 fully saturated rings. The van der Waals surface area contributed by atoms with Crippen molar-refractivity contribution in [2.45, 2.75) is 44.7 Å². The summed E-state index contributed by atoms with van der Waals surface area (Å²) in [7, 11) is 0. The molecule has 0 aliphatic carbocycles. The number of hydrogen-bond acceptors (Lipinski definition) is 3. The summed E-state index contributed by atoms with van der Waals surface area (Å²) in [5, 5.41) is 3.67. The Morgan fingerprint density at radius 3 is 2.76 bits per heavy atom. The molecule has 4 heteroatoms. The van der Waals surface area contributed by atoms with Crippen LogP contribution >= 0.6 is 0 Å². The first-order chi connectivity index (χ1) is 10.2. The molecule has 2 aliphatic heterocycles. The van der Waals surface area contributed by atoms with Crippen molar-refractivity contribution in [3.8, 4) is 11.3 Å². The molecule has 0 unspecified atom stereocenters. The molecule has 1 N–H and O–H groups in total. The largest absolute Gasteiger partial charge is 0.305 e. The van der Waals surface area contributed by atoms with Crippen LogP contribution in [0.1, 0.15) is 42.4 Å². The fourth-order valence-corrected chi connectivity index (χ4v) is 3.60. The first kappa shape index (κ1) is 12.9. The Labute approximate surface area is 123 Å². The number of nitrogens with one attached hydrogen (secondary N) is 1. The third-order valence-electron chi connectivity index (χ3n) is 4.53. The van der Waals surface area contributed by atoms with Gasteiger partial charge in [-0.05, 0) is 56.9 Å². The molecule has 1 aromatic carbocycles. The van der Waals surface area contributed by atoms with Crippen molar-refractivity contribution in [3.63, 3.8) is 0 Å². The molecular weight excluding hydrogens is 265 g/mol. The molecule has 2 aromatic rings. The van der Waals surface area contributed by atoms with Crippen LogP contribution in [0.25, 0.3) is 11.3 Å². The van der Waals surface area contributed by atoms with E-state index in [1.807, 2.05) is 19.1 Å². The van der Waals surface area contributed by atoms with Crippen molar-refractivity contribution in [2.75, 3.05) is 0 Å². The normalized spacial score (nSPS) is 23.7. The summed E-state index contributed by atoms with van der Waals surface area (Å²) in [6.45, 7) is 1.93. The zero-order valence-electron chi connectivity index (χ0n) is 12.1. The number of rotatable bonds is 1. The van der Waals surface area contributed by atoms with Crippen LogP contribution < -0.4 is 5.32 Å². The molecule has 1 aromatic heterocycles. The van der Waals surface area contributed by atoms with Gasteiger partial charge in [-0.1, -0.05) is 0 Å². The highest BCUT2D eigenvalue weighted by Crippen LogP contribution is 2.37. The predicted molar refractivity (Wildman–Crippen MR) is 79.4 cm³/mol. The fraction of sp³-hybridized carbons (Fsp3) is 0.412. The fourth-order valence-electron chi connectivity index (χ4n) is 3.60. The summed E-state index contributed by atoms with van der Waals surface area (Å²) in [6.07, 6.45) is 4.59. The molecule has 21 heavy (non-hydrogen) atoms. The molecule has 2 atom stereocenters. The van der Waals surface area contributed by atoms with E-state index >= 15 is 0 Å². The van der Waals surface area contributed by atoms with E-state index in [-0.39, 0.29) is 5.82 Å². The Morgan fingerprint density at radius 1 is 1.14 bits per heavy atom. The van der Waals surface area contributed by atoms with Gasteiger partial charge in [0, 0.05) is 17.2 Å². The van der Waals surface area contributed by atoms with Gasteiger partial charge >= 0.3 is 0 Å². The van der Waals surface area contributed by atoms with Gasteiger partial charge in [0.25, 0.3) is 0 Å². The summed E-state index contributed by atoms with van der Waals surface area (Å²) >= 11 is 0. The average Bonchev–Trinajstić information content (AvgIpc) is 2.49. The van der Waals surface area contributed by atoms with Crippen molar-refractivity contribution in [3.05, 3.63) is 47.2 Å². The standard InChI is InChI=1S/C17H18FN3/c1-10-19-16(11-5-7-12(18)8-6-11)14-9-13-3-2-4-15(21-13)17(14)20-10/h5-8,13,15,21H,2-4,9H2,1H3/t13-,15+/m0/s1. The molecule has 3 nitrogen and oxygen atoms in total. The quantitative estimate of drug-likeness (QED) is 0.872. The van der Waals surface area contributed by atoms with E-state index in [1.165, 1.54) is 30.5 Å². The molecular formula is C17H18FN3. The van der Waals surface area contributed by atoms with Crippen LogP contribution in [0.2, 0.25) is 0 Å². The first-order valence-corrected chi connectivity index (χ1v) is 7.60. The lowest BCUT2D eigenvalue weighted by atomic mass is 9.83.